The fourth-order valence-electron chi connectivity index (χ4n) is 1.68. The normalized spacial score (nSPS) is 10.5. The lowest BCUT2D eigenvalue weighted by Gasteiger charge is -2.12. The highest BCUT2D eigenvalue weighted by molar-refractivity contribution is 6.31. The average molecular weight is 251 g/mol. The van der Waals surface area contributed by atoms with Crippen LogP contribution in [-0.2, 0) is 13.6 Å². The number of benzene rings is 1. The van der Waals surface area contributed by atoms with Crippen LogP contribution in [0.4, 0.5) is 11.4 Å². The summed E-state index contributed by atoms with van der Waals surface area (Å²) in [6.07, 6.45) is 1.91. The van der Waals surface area contributed by atoms with Gasteiger partial charge in [-0.2, -0.15) is 5.10 Å². The van der Waals surface area contributed by atoms with Gasteiger partial charge in [0.1, 0.15) is 0 Å². The van der Waals surface area contributed by atoms with Gasteiger partial charge in [-0.25, -0.2) is 0 Å². The van der Waals surface area contributed by atoms with Gasteiger partial charge in [-0.05, 0) is 30.7 Å². The van der Waals surface area contributed by atoms with E-state index in [4.69, 9.17) is 17.3 Å². The molecule has 0 bridgehead atoms. The van der Waals surface area contributed by atoms with Crippen molar-refractivity contribution in [3.05, 3.63) is 40.7 Å². The fraction of sp³-hybridized carbons (Fsp3) is 0.250. The molecule has 5 heteroatoms. The zero-order valence-corrected chi connectivity index (χ0v) is 10.6. The van der Waals surface area contributed by atoms with Crippen LogP contribution in [-0.4, -0.2) is 9.78 Å². The topological polar surface area (TPSA) is 55.9 Å². The molecule has 0 spiro atoms. The Balaban J connectivity index is 2.16. The minimum Gasteiger partial charge on any atom is -0.397 e. The van der Waals surface area contributed by atoms with Crippen LogP contribution in [0.15, 0.2) is 24.4 Å². The molecule has 0 radical (unpaired) electrons. The van der Waals surface area contributed by atoms with Gasteiger partial charge in [0.15, 0.2) is 0 Å². The van der Waals surface area contributed by atoms with Crippen molar-refractivity contribution in [1.29, 1.82) is 0 Å². The van der Waals surface area contributed by atoms with Crippen molar-refractivity contribution < 1.29 is 0 Å². The van der Waals surface area contributed by atoms with Gasteiger partial charge in [-0.1, -0.05) is 11.6 Å². The molecule has 2 rings (SSSR count). The van der Waals surface area contributed by atoms with E-state index < -0.39 is 0 Å². The molecule has 17 heavy (non-hydrogen) atoms. The summed E-state index contributed by atoms with van der Waals surface area (Å²) in [7, 11) is 1.89. The van der Waals surface area contributed by atoms with Gasteiger partial charge >= 0.3 is 0 Å². The highest BCUT2D eigenvalue weighted by Crippen LogP contribution is 2.29. The average Bonchev–Trinajstić information content (AvgIpc) is 2.70. The van der Waals surface area contributed by atoms with Crippen LogP contribution >= 0.6 is 11.6 Å². The van der Waals surface area contributed by atoms with E-state index >= 15 is 0 Å². The molecule has 0 amide bonds. The Morgan fingerprint density at radius 2 is 2.18 bits per heavy atom. The molecule has 0 aliphatic heterocycles. The van der Waals surface area contributed by atoms with Crippen LogP contribution in [0.1, 0.15) is 11.3 Å². The number of hydrogen-bond donors (Lipinski definition) is 2. The summed E-state index contributed by atoms with van der Waals surface area (Å²) in [6.45, 7) is 2.58. The number of nitrogen functional groups attached to an aromatic ring is 1. The molecule has 0 saturated heterocycles. The van der Waals surface area contributed by atoms with Crippen LogP contribution in [0.25, 0.3) is 0 Å². The van der Waals surface area contributed by atoms with Gasteiger partial charge < -0.3 is 11.1 Å². The maximum Gasteiger partial charge on any atom is 0.0815 e. The Morgan fingerprint density at radius 1 is 1.41 bits per heavy atom. The number of rotatable bonds is 3. The predicted octanol–water partition coefficient (Wildman–Crippen LogP) is 2.58. The van der Waals surface area contributed by atoms with E-state index in [9.17, 15) is 0 Å². The van der Waals surface area contributed by atoms with Crippen LogP contribution in [0.3, 0.4) is 0 Å². The molecule has 0 fully saturated rings. The molecule has 2 aromatic rings. The highest BCUT2D eigenvalue weighted by Gasteiger charge is 2.07. The first-order chi connectivity index (χ1) is 8.08. The van der Waals surface area contributed by atoms with Gasteiger partial charge in [-0.15, -0.1) is 0 Å². The summed E-state index contributed by atoms with van der Waals surface area (Å²) in [4.78, 5) is 0. The molecule has 0 atom stereocenters. The molecule has 1 aromatic heterocycles. The van der Waals surface area contributed by atoms with E-state index in [2.05, 4.69) is 10.4 Å². The Bertz CT molecular complexity index is 533. The maximum atomic E-state index is 6.06. The fourth-order valence-corrected chi connectivity index (χ4v) is 1.84. The Kier molecular flexibility index (Phi) is 3.24. The minimum absolute atomic E-state index is 0.631. The van der Waals surface area contributed by atoms with Gasteiger partial charge in [0, 0.05) is 18.3 Å². The van der Waals surface area contributed by atoms with E-state index in [1.54, 1.807) is 16.8 Å². The van der Waals surface area contributed by atoms with Crippen molar-refractivity contribution in [2.75, 3.05) is 11.1 Å². The SMILES string of the molecule is Cc1c(Cl)ccc(N)c1NCc1ccn(C)n1. The van der Waals surface area contributed by atoms with Gasteiger partial charge in [0.2, 0.25) is 0 Å². The third kappa shape index (κ3) is 2.53. The monoisotopic (exact) mass is 250 g/mol. The minimum atomic E-state index is 0.631. The van der Waals surface area contributed by atoms with Gasteiger partial charge in [0.05, 0.1) is 23.6 Å². The summed E-state index contributed by atoms with van der Waals surface area (Å²) in [6, 6.07) is 5.57. The molecule has 0 aliphatic carbocycles. The van der Waals surface area contributed by atoms with E-state index in [0.29, 0.717) is 17.3 Å². The molecule has 4 nitrogen and oxygen atoms in total. The van der Waals surface area contributed by atoms with Crippen molar-refractivity contribution in [3.8, 4) is 0 Å². The lowest BCUT2D eigenvalue weighted by molar-refractivity contribution is 0.747. The quantitative estimate of drug-likeness (QED) is 0.824. The van der Waals surface area contributed by atoms with Crippen molar-refractivity contribution in [3.63, 3.8) is 0 Å². The molecule has 1 heterocycles. The van der Waals surface area contributed by atoms with Crippen molar-refractivity contribution in [2.24, 2.45) is 7.05 Å². The largest absolute Gasteiger partial charge is 0.397 e. The highest BCUT2D eigenvalue weighted by atomic mass is 35.5. The number of aryl methyl sites for hydroxylation is 1. The third-order valence-electron chi connectivity index (χ3n) is 2.65. The zero-order chi connectivity index (χ0) is 12.4. The van der Waals surface area contributed by atoms with Crippen molar-refractivity contribution in [2.45, 2.75) is 13.5 Å². The number of anilines is 2. The second-order valence-corrected chi connectivity index (χ2v) is 4.38. The van der Waals surface area contributed by atoms with Crippen molar-refractivity contribution in [1.82, 2.24) is 9.78 Å². The van der Waals surface area contributed by atoms with Gasteiger partial charge in [-0.3, -0.25) is 4.68 Å². The van der Waals surface area contributed by atoms with E-state index in [-0.39, 0.29) is 0 Å². The first-order valence-corrected chi connectivity index (χ1v) is 5.72. The Morgan fingerprint density at radius 3 is 2.82 bits per heavy atom. The summed E-state index contributed by atoms with van der Waals surface area (Å²) >= 11 is 6.06. The zero-order valence-electron chi connectivity index (χ0n) is 9.87. The molecule has 1 aromatic carbocycles. The number of aromatic nitrogens is 2. The van der Waals surface area contributed by atoms with Crippen LogP contribution in [0, 0.1) is 6.92 Å². The second-order valence-electron chi connectivity index (χ2n) is 3.97. The summed E-state index contributed by atoms with van der Waals surface area (Å²) in [5, 5.41) is 8.27. The molecule has 3 N–H and O–H groups in total. The maximum absolute atomic E-state index is 6.06. The lowest BCUT2D eigenvalue weighted by Crippen LogP contribution is -2.05. The van der Waals surface area contributed by atoms with Crippen LogP contribution in [0.2, 0.25) is 5.02 Å². The first kappa shape index (κ1) is 11.8. The van der Waals surface area contributed by atoms with Gasteiger partial charge in [0.25, 0.3) is 0 Å². The molecule has 0 saturated carbocycles. The number of nitrogens with one attached hydrogen (secondary N) is 1. The first-order valence-electron chi connectivity index (χ1n) is 5.35. The Hall–Kier alpha value is -1.68. The summed E-state index contributed by atoms with van der Waals surface area (Å²) < 4.78 is 1.77. The van der Waals surface area contributed by atoms with Crippen LogP contribution in [0.5, 0.6) is 0 Å². The van der Waals surface area contributed by atoms with E-state index in [1.807, 2.05) is 26.2 Å². The molecular weight excluding hydrogens is 236 g/mol. The third-order valence-corrected chi connectivity index (χ3v) is 3.06. The lowest BCUT2D eigenvalue weighted by atomic mass is 10.1. The molecular formula is C12H15ClN4. The predicted molar refractivity (Wildman–Crippen MR) is 71.1 cm³/mol. The molecule has 90 valence electrons. The summed E-state index contributed by atoms with van der Waals surface area (Å²) in [5.74, 6) is 0. The number of halogens is 1. The van der Waals surface area contributed by atoms with Crippen LogP contribution < -0.4 is 11.1 Å². The molecule has 0 aliphatic rings. The number of nitrogens with zero attached hydrogens (tertiary/aromatic N) is 2. The second kappa shape index (κ2) is 4.67. The smallest absolute Gasteiger partial charge is 0.0815 e. The van der Waals surface area contributed by atoms with E-state index in [1.165, 1.54) is 0 Å². The number of nitrogens with two attached hydrogens (primary N) is 1. The molecule has 0 unspecified atom stereocenters. The van der Waals surface area contributed by atoms with Crippen molar-refractivity contribution >= 4 is 23.0 Å². The number of hydrogen-bond acceptors (Lipinski definition) is 3. The Labute approximate surface area is 105 Å². The summed E-state index contributed by atoms with van der Waals surface area (Å²) in [5.41, 5.74) is 9.41. The van der Waals surface area contributed by atoms with E-state index in [0.717, 1.165) is 16.9 Å². The standard InChI is InChI=1S/C12H15ClN4/c1-8-10(13)3-4-11(14)12(8)15-7-9-5-6-17(2)16-9/h3-6,15H,7,14H2,1-2H3.